The van der Waals surface area contributed by atoms with Crippen LogP contribution in [0, 0.1) is 11.7 Å². The molecule has 1 fully saturated rings. The van der Waals surface area contributed by atoms with Gasteiger partial charge in [0.25, 0.3) is 0 Å². The van der Waals surface area contributed by atoms with Gasteiger partial charge < -0.3 is 9.84 Å². The summed E-state index contributed by atoms with van der Waals surface area (Å²) >= 11 is 3.25. The number of hydrogen-bond acceptors (Lipinski definition) is 2. The molecule has 2 unspecified atom stereocenters. The van der Waals surface area contributed by atoms with Crippen molar-refractivity contribution >= 4 is 15.9 Å². The van der Waals surface area contributed by atoms with Gasteiger partial charge in [-0.15, -0.1) is 0 Å². The molecule has 17 heavy (non-hydrogen) atoms. The number of hydrogen-bond donors (Lipinski definition) is 1. The van der Waals surface area contributed by atoms with Gasteiger partial charge in [0.2, 0.25) is 0 Å². The number of ether oxygens (including phenoxy) is 1. The Morgan fingerprint density at radius 2 is 2.29 bits per heavy atom. The minimum absolute atomic E-state index is 0.272. The molecule has 0 bridgehead atoms. The molecule has 1 saturated heterocycles. The predicted molar refractivity (Wildman–Crippen MR) is 67.4 cm³/mol. The van der Waals surface area contributed by atoms with Crippen LogP contribution in [0.15, 0.2) is 22.7 Å². The third-order valence-corrected chi connectivity index (χ3v) is 3.48. The summed E-state index contributed by atoms with van der Waals surface area (Å²) in [6.07, 6.45) is 1.82. The summed E-state index contributed by atoms with van der Waals surface area (Å²) in [5.41, 5.74) is 0.822. The lowest BCUT2D eigenvalue weighted by molar-refractivity contribution is 0.128. The predicted octanol–water partition coefficient (Wildman–Crippen LogP) is 2.92. The zero-order valence-electron chi connectivity index (χ0n) is 9.53. The average molecular weight is 303 g/mol. The van der Waals surface area contributed by atoms with Crippen LogP contribution in [0.4, 0.5) is 4.39 Å². The molecule has 2 rings (SSSR count). The third kappa shape index (κ3) is 4.05. The van der Waals surface area contributed by atoms with Crippen molar-refractivity contribution in [3.63, 3.8) is 0 Å². The Balaban J connectivity index is 1.90. The van der Waals surface area contributed by atoms with Gasteiger partial charge in [-0.3, -0.25) is 0 Å². The minimum Gasteiger partial charge on any atom is -0.393 e. The van der Waals surface area contributed by atoms with Crippen LogP contribution in [-0.2, 0) is 11.2 Å². The van der Waals surface area contributed by atoms with E-state index in [4.69, 9.17) is 4.74 Å². The highest BCUT2D eigenvalue weighted by Gasteiger charge is 2.19. The fourth-order valence-corrected chi connectivity index (χ4v) is 2.75. The Hall–Kier alpha value is -0.450. The van der Waals surface area contributed by atoms with Crippen molar-refractivity contribution in [1.29, 1.82) is 0 Å². The monoisotopic (exact) mass is 302 g/mol. The molecule has 0 aromatic heterocycles. The van der Waals surface area contributed by atoms with E-state index in [1.54, 1.807) is 0 Å². The second-order valence-corrected chi connectivity index (χ2v) is 5.52. The van der Waals surface area contributed by atoms with Gasteiger partial charge in [0, 0.05) is 17.7 Å². The Morgan fingerprint density at radius 1 is 1.47 bits per heavy atom. The average Bonchev–Trinajstić information content (AvgIpc) is 2.67. The first-order valence-electron chi connectivity index (χ1n) is 5.84. The zero-order valence-corrected chi connectivity index (χ0v) is 11.1. The number of aliphatic hydroxyl groups excluding tert-OH is 1. The number of halogens is 2. The minimum atomic E-state index is -0.421. The molecular weight excluding hydrogens is 287 g/mol. The summed E-state index contributed by atoms with van der Waals surface area (Å²) in [4.78, 5) is 0. The van der Waals surface area contributed by atoms with E-state index in [-0.39, 0.29) is 5.82 Å². The number of aliphatic hydroxyl groups is 1. The lowest BCUT2D eigenvalue weighted by Gasteiger charge is -2.14. The molecule has 1 N–H and O–H groups in total. The number of rotatable bonds is 4. The first kappa shape index (κ1) is 13.0. The summed E-state index contributed by atoms with van der Waals surface area (Å²) in [6.45, 7) is 1.53. The second-order valence-electron chi connectivity index (χ2n) is 4.60. The maximum Gasteiger partial charge on any atom is 0.124 e. The van der Waals surface area contributed by atoms with Gasteiger partial charge >= 0.3 is 0 Å². The van der Waals surface area contributed by atoms with Crippen molar-refractivity contribution in [3.05, 3.63) is 34.1 Å². The highest BCUT2D eigenvalue weighted by atomic mass is 79.9. The van der Waals surface area contributed by atoms with E-state index in [1.165, 1.54) is 12.1 Å². The summed E-state index contributed by atoms with van der Waals surface area (Å²) in [6, 6.07) is 4.73. The Bertz CT molecular complexity index is 357. The van der Waals surface area contributed by atoms with Gasteiger partial charge in [0.15, 0.2) is 0 Å². The molecule has 4 heteroatoms. The number of benzene rings is 1. The fraction of sp³-hybridized carbons (Fsp3) is 0.538. The molecule has 1 aromatic rings. The van der Waals surface area contributed by atoms with E-state index >= 15 is 0 Å². The van der Waals surface area contributed by atoms with Gasteiger partial charge in [0.05, 0.1) is 6.10 Å². The lowest BCUT2D eigenvalue weighted by atomic mass is 9.96. The third-order valence-electron chi connectivity index (χ3n) is 3.02. The normalized spacial score (nSPS) is 21.7. The topological polar surface area (TPSA) is 29.5 Å². The van der Waals surface area contributed by atoms with Gasteiger partial charge in [0.1, 0.15) is 5.82 Å². The van der Waals surface area contributed by atoms with Gasteiger partial charge in [-0.05, 0) is 48.9 Å². The van der Waals surface area contributed by atoms with Crippen molar-refractivity contribution in [3.8, 4) is 0 Å². The molecule has 0 amide bonds. The lowest BCUT2D eigenvalue weighted by Crippen LogP contribution is -2.16. The van der Waals surface area contributed by atoms with Crippen molar-refractivity contribution < 1.29 is 14.2 Å². The van der Waals surface area contributed by atoms with E-state index in [9.17, 15) is 9.50 Å². The van der Waals surface area contributed by atoms with Crippen molar-refractivity contribution in [1.82, 2.24) is 0 Å². The zero-order chi connectivity index (χ0) is 12.3. The van der Waals surface area contributed by atoms with Crippen molar-refractivity contribution in [2.75, 3.05) is 13.2 Å². The van der Waals surface area contributed by atoms with Crippen molar-refractivity contribution in [2.24, 2.45) is 5.92 Å². The van der Waals surface area contributed by atoms with E-state index in [2.05, 4.69) is 15.9 Å². The highest BCUT2D eigenvalue weighted by molar-refractivity contribution is 9.10. The summed E-state index contributed by atoms with van der Waals surface area (Å²) < 4.78 is 19.1. The highest BCUT2D eigenvalue weighted by Crippen LogP contribution is 2.21. The molecule has 94 valence electrons. The molecule has 0 aliphatic carbocycles. The Morgan fingerprint density at radius 3 is 2.94 bits per heavy atom. The molecule has 2 atom stereocenters. The van der Waals surface area contributed by atoms with Gasteiger partial charge in [-0.25, -0.2) is 4.39 Å². The molecule has 0 spiro atoms. The smallest absolute Gasteiger partial charge is 0.124 e. The summed E-state index contributed by atoms with van der Waals surface area (Å²) in [7, 11) is 0. The molecule has 2 nitrogen and oxygen atoms in total. The quantitative estimate of drug-likeness (QED) is 0.927. The van der Waals surface area contributed by atoms with E-state index in [1.807, 2.05) is 6.07 Å². The second kappa shape index (κ2) is 5.94. The molecular formula is C13H16BrFO2. The van der Waals surface area contributed by atoms with Gasteiger partial charge in [-0.1, -0.05) is 15.9 Å². The first-order chi connectivity index (χ1) is 8.13. The van der Waals surface area contributed by atoms with Crippen LogP contribution in [0.5, 0.6) is 0 Å². The van der Waals surface area contributed by atoms with Crippen LogP contribution >= 0.6 is 15.9 Å². The standard InChI is InChI=1S/C13H16BrFO2/c14-11-3-10(4-12(15)7-11)6-13(16)5-9-1-2-17-8-9/h3-4,7,9,13,16H,1-2,5-6,8H2. The first-order valence-corrected chi connectivity index (χ1v) is 6.63. The summed E-state index contributed by atoms with van der Waals surface area (Å²) in [5.74, 6) is 0.174. The maximum absolute atomic E-state index is 13.2. The Labute approximate surface area is 109 Å². The molecule has 0 radical (unpaired) electrons. The van der Waals surface area contributed by atoms with Crippen molar-refractivity contribution in [2.45, 2.75) is 25.4 Å². The van der Waals surface area contributed by atoms with E-state index in [0.29, 0.717) is 16.8 Å². The van der Waals surface area contributed by atoms with Crippen LogP contribution < -0.4 is 0 Å². The van der Waals surface area contributed by atoms with Crippen LogP contribution in [0.25, 0.3) is 0 Å². The van der Waals surface area contributed by atoms with E-state index in [0.717, 1.165) is 31.6 Å². The Kier molecular flexibility index (Phi) is 4.54. The summed E-state index contributed by atoms with van der Waals surface area (Å²) in [5, 5.41) is 9.95. The maximum atomic E-state index is 13.2. The van der Waals surface area contributed by atoms with Crippen LogP contribution in [0.1, 0.15) is 18.4 Å². The molecule has 1 aliphatic heterocycles. The van der Waals surface area contributed by atoms with Gasteiger partial charge in [-0.2, -0.15) is 0 Å². The van der Waals surface area contributed by atoms with Crippen LogP contribution in [-0.4, -0.2) is 24.4 Å². The SMILES string of the molecule is OC(Cc1cc(F)cc(Br)c1)CC1CCOC1. The largest absolute Gasteiger partial charge is 0.393 e. The fourth-order valence-electron chi connectivity index (χ4n) is 2.24. The molecule has 1 aliphatic rings. The van der Waals surface area contributed by atoms with Crippen LogP contribution in [0.2, 0.25) is 0 Å². The molecule has 1 heterocycles. The van der Waals surface area contributed by atoms with E-state index < -0.39 is 6.10 Å². The van der Waals surface area contributed by atoms with Crippen LogP contribution in [0.3, 0.4) is 0 Å². The molecule has 0 saturated carbocycles. The molecule has 1 aromatic carbocycles.